The molecule has 4 N–H and O–H groups in total. The van der Waals surface area contributed by atoms with Gasteiger partial charge in [0.15, 0.2) is 6.29 Å². The minimum Gasteiger partial charge on any atom is -0.394 e. The van der Waals surface area contributed by atoms with Crippen molar-refractivity contribution >= 4 is 0 Å². The number of aliphatic hydroxyl groups excluding tert-OH is 4. The Hall–Kier alpha value is -0.240. The highest BCUT2D eigenvalue weighted by Gasteiger charge is 2.44. The lowest BCUT2D eigenvalue weighted by Gasteiger charge is -2.40. The van der Waals surface area contributed by atoms with Crippen molar-refractivity contribution in [1.29, 1.82) is 0 Å². The molecule has 1 saturated heterocycles. The average Bonchev–Trinajstić information content (AvgIpc) is 2.59. The fourth-order valence-electron chi connectivity index (χ4n) is 3.10. The summed E-state index contributed by atoms with van der Waals surface area (Å²) in [5.74, 6) is 0.397. The van der Waals surface area contributed by atoms with Crippen LogP contribution in [0.25, 0.3) is 0 Å². The summed E-state index contributed by atoms with van der Waals surface area (Å²) in [6.07, 6.45) is 3.31. The Morgan fingerprint density at radius 1 is 0.875 bits per heavy atom. The van der Waals surface area contributed by atoms with E-state index in [4.69, 9.17) is 9.47 Å². The van der Waals surface area contributed by atoms with Crippen molar-refractivity contribution in [2.75, 3.05) is 13.2 Å². The van der Waals surface area contributed by atoms with Crippen LogP contribution in [0, 0.1) is 5.92 Å². The van der Waals surface area contributed by atoms with E-state index < -0.39 is 37.3 Å². The van der Waals surface area contributed by atoms with Crippen LogP contribution in [-0.4, -0.2) is 64.3 Å². The standard InChI is InChI=1S/C18H36O6/c1-3-5-7-8-10-13(9-6-4-2)12-23-18-17(22)16(21)15(20)14(11-19)24-18/h13-22H,3-12H2,1-2H3/t13?,14-,15-,16+,17-,18-/m1/s1. The van der Waals surface area contributed by atoms with E-state index in [-0.39, 0.29) is 0 Å². The van der Waals surface area contributed by atoms with Gasteiger partial charge in [-0.05, 0) is 18.8 Å². The topological polar surface area (TPSA) is 99.4 Å². The molecule has 0 aromatic carbocycles. The maximum atomic E-state index is 10.0. The molecule has 0 aliphatic carbocycles. The van der Waals surface area contributed by atoms with Crippen molar-refractivity contribution in [3.8, 4) is 0 Å². The molecule has 6 nitrogen and oxygen atoms in total. The first-order valence-corrected chi connectivity index (χ1v) is 9.47. The summed E-state index contributed by atoms with van der Waals surface area (Å²) in [6, 6.07) is 0. The molecule has 1 heterocycles. The molecule has 1 aliphatic rings. The summed E-state index contributed by atoms with van der Waals surface area (Å²) >= 11 is 0. The van der Waals surface area contributed by atoms with Crippen molar-refractivity contribution < 1.29 is 29.9 Å². The van der Waals surface area contributed by atoms with Gasteiger partial charge in [0.2, 0.25) is 0 Å². The normalized spacial score (nSPS) is 32.0. The number of hydrogen-bond acceptors (Lipinski definition) is 6. The number of ether oxygens (including phenoxy) is 2. The molecule has 0 aromatic rings. The van der Waals surface area contributed by atoms with Gasteiger partial charge in [0, 0.05) is 0 Å². The molecule has 24 heavy (non-hydrogen) atoms. The summed E-state index contributed by atoms with van der Waals surface area (Å²) < 4.78 is 11.1. The van der Waals surface area contributed by atoms with Crippen LogP contribution in [0.5, 0.6) is 0 Å². The van der Waals surface area contributed by atoms with Gasteiger partial charge in [-0.1, -0.05) is 52.4 Å². The second-order valence-electron chi connectivity index (χ2n) is 6.89. The Balaban J connectivity index is 2.47. The van der Waals surface area contributed by atoms with E-state index in [1.54, 1.807) is 0 Å². The highest BCUT2D eigenvalue weighted by molar-refractivity contribution is 4.88. The van der Waals surface area contributed by atoms with E-state index in [0.717, 1.165) is 25.7 Å². The first-order chi connectivity index (χ1) is 11.5. The van der Waals surface area contributed by atoms with Crippen LogP contribution in [0.1, 0.15) is 65.2 Å². The predicted octanol–water partition coefficient (Wildman–Crippen LogP) is 1.58. The van der Waals surface area contributed by atoms with Crippen molar-refractivity contribution in [3.05, 3.63) is 0 Å². The molecular weight excluding hydrogens is 312 g/mol. The van der Waals surface area contributed by atoms with Gasteiger partial charge in [-0.2, -0.15) is 0 Å². The largest absolute Gasteiger partial charge is 0.394 e. The zero-order valence-corrected chi connectivity index (χ0v) is 15.1. The van der Waals surface area contributed by atoms with Crippen molar-refractivity contribution in [3.63, 3.8) is 0 Å². The molecule has 144 valence electrons. The van der Waals surface area contributed by atoms with Crippen LogP contribution in [-0.2, 0) is 9.47 Å². The fourth-order valence-corrected chi connectivity index (χ4v) is 3.10. The molecular formula is C18H36O6. The van der Waals surface area contributed by atoms with Gasteiger partial charge in [0.1, 0.15) is 24.4 Å². The third-order valence-electron chi connectivity index (χ3n) is 4.78. The lowest BCUT2D eigenvalue weighted by atomic mass is 9.95. The monoisotopic (exact) mass is 348 g/mol. The number of hydrogen-bond donors (Lipinski definition) is 4. The Kier molecular flexibility index (Phi) is 11.1. The Labute approximate surface area is 145 Å². The number of aliphatic hydroxyl groups is 4. The smallest absolute Gasteiger partial charge is 0.186 e. The van der Waals surface area contributed by atoms with Crippen molar-refractivity contribution in [2.45, 2.75) is 95.9 Å². The Bertz CT molecular complexity index is 312. The molecule has 0 aromatic heterocycles. The van der Waals surface area contributed by atoms with E-state index >= 15 is 0 Å². The van der Waals surface area contributed by atoms with Crippen LogP contribution < -0.4 is 0 Å². The maximum absolute atomic E-state index is 10.0. The fraction of sp³-hybridized carbons (Fsp3) is 1.00. The average molecular weight is 348 g/mol. The summed E-state index contributed by atoms with van der Waals surface area (Å²) in [5.41, 5.74) is 0. The maximum Gasteiger partial charge on any atom is 0.186 e. The van der Waals surface area contributed by atoms with Gasteiger partial charge in [-0.15, -0.1) is 0 Å². The first-order valence-electron chi connectivity index (χ1n) is 9.47. The van der Waals surface area contributed by atoms with Gasteiger partial charge in [0.05, 0.1) is 13.2 Å². The molecule has 0 bridgehead atoms. The molecule has 1 aliphatic heterocycles. The van der Waals surface area contributed by atoms with Gasteiger partial charge >= 0.3 is 0 Å². The highest BCUT2D eigenvalue weighted by atomic mass is 16.7. The third-order valence-corrected chi connectivity index (χ3v) is 4.78. The molecule has 0 saturated carbocycles. The lowest BCUT2D eigenvalue weighted by molar-refractivity contribution is -0.303. The van der Waals surface area contributed by atoms with E-state index in [0.29, 0.717) is 12.5 Å². The van der Waals surface area contributed by atoms with Crippen LogP contribution >= 0.6 is 0 Å². The quantitative estimate of drug-likeness (QED) is 0.400. The van der Waals surface area contributed by atoms with E-state index in [2.05, 4.69) is 13.8 Å². The second-order valence-corrected chi connectivity index (χ2v) is 6.89. The molecule has 6 atom stereocenters. The molecule has 1 fully saturated rings. The van der Waals surface area contributed by atoms with Crippen LogP contribution in [0.4, 0.5) is 0 Å². The van der Waals surface area contributed by atoms with E-state index in [1.807, 2.05) is 0 Å². The van der Waals surface area contributed by atoms with Crippen molar-refractivity contribution in [1.82, 2.24) is 0 Å². The van der Waals surface area contributed by atoms with E-state index in [1.165, 1.54) is 25.7 Å². The molecule has 0 radical (unpaired) electrons. The summed E-state index contributed by atoms with van der Waals surface area (Å²) in [6.45, 7) is 4.37. The van der Waals surface area contributed by atoms with Gasteiger partial charge in [0.25, 0.3) is 0 Å². The molecule has 6 heteroatoms. The molecule has 1 rings (SSSR count). The van der Waals surface area contributed by atoms with Crippen molar-refractivity contribution in [2.24, 2.45) is 5.92 Å². The van der Waals surface area contributed by atoms with Gasteiger partial charge in [-0.25, -0.2) is 0 Å². The van der Waals surface area contributed by atoms with E-state index in [9.17, 15) is 20.4 Å². The highest BCUT2D eigenvalue weighted by Crippen LogP contribution is 2.24. The summed E-state index contributed by atoms with van der Waals surface area (Å²) in [5, 5.41) is 38.8. The predicted molar refractivity (Wildman–Crippen MR) is 91.5 cm³/mol. The van der Waals surface area contributed by atoms with Crippen LogP contribution in [0.2, 0.25) is 0 Å². The third kappa shape index (κ3) is 6.94. The summed E-state index contributed by atoms with van der Waals surface area (Å²) in [7, 11) is 0. The molecule has 0 amide bonds. The van der Waals surface area contributed by atoms with Gasteiger partial charge < -0.3 is 29.9 Å². The SMILES string of the molecule is CCCCCCC(CCCC)CO[C@@H]1O[C@H](CO)[C@@H](O)[C@H](O)[C@H]1O. The Morgan fingerprint density at radius 3 is 2.17 bits per heavy atom. The van der Waals surface area contributed by atoms with Gasteiger partial charge in [-0.3, -0.25) is 0 Å². The second kappa shape index (κ2) is 12.2. The minimum absolute atomic E-state index is 0.397. The molecule has 0 spiro atoms. The minimum atomic E-state index is -1.38. The zero-order valence-electron chi connectivity index (χ0n) is 15.1. The lowest BCUT2D eigenvalue weighted by Crippen LogP contribution is -2.59. The number of rotatable bonds is 12. The Morgan fingerprint density at radius 2 is 1.54 bits per heavy atom. The zero-order chi connectivity index (χ0) is 17.9. The van der Waals surface area contributed by atoms with Crippen LogP contribution in [0.3, 0.4) is 0 Å². The molecule has 1 unspecified atom stereocenters. The van der Waals surface area contributed by atoms with Crippen LogP contribution in [0.15, 0.2) is 0 Å². The summed E-state index contributed by atoms with van der Waals surface area (Å²) in [4.78, 5) is 0. The first kappa shape index (κ1) is 21.8. The number of unbranched alkanes of at least 4 members (excludes halogenated alkanes) is 4.